The summed E-state index contributed by atoms with van der Waals surface area (Å²) < 4.78 is 58.8. The number of thiazole rings is 1. The Hall–Kier alpha value is -3.26. The van der Waals surface area contributed by atoms with Crippen LogP contribution in [0, 0.1) is 5.82 Å². The average Bonchev–Trinajstić information content (AvgIpc) is 3.43. The van der Waals surface area contributed by atoms with Gasteiger partial charge in [-0.25, -0.2) is 24.1 Å². The van der Waals surface area contributed by atoms with E-state index in [1.165, 1.54) is 23.7 Å². The average molecular weight is 548 g/mol. The van der Waals surface area contributed by atoms with Gasteiger partial charge in [-0.05, 0) is 19.9 Å². The Labute approximate surface area is 210 Å². The van der Waals surface area contributed by atoms with Crippen molar-refractivity contribution >= 4 is 51.0 Å². The molecule has 1 aromatic carbocycles. The Bertz CT molecular complexity index is 1320. The molecule has 1 N–H and O–H groups in total. The number of hydroxylamine groups is 2. The van der Waals surface area contributed by atoms with Crippen molar-refractivity contribution in [2.45, 2.75) is 38.4 Å². The summed E-state index contributed by atoms with van der Waals surface area (Å²) >= 11 is 7.51. The molecule has 15 heteroatoms. The second kappa shape index (κ2) is 10.0. The van der Waals surface area contributed by atoms with Gasteiger partial charge in [0.2, 0.25) is 0 Å². The molecule has 0 aliphatic carbocycles. The van der Waals surface area contributed by atoms with Crippen LogP contribution in [0.4, 0.5) is 23.4 Å². The van der Waals surface area contributed by atoms with Gasteiger partial charge in [-0.15, -0.1) is 11.3 Å². The zero-order valence-corrected chi connectivity index (χ0v) is 20.3. The number of fused-ring (bicyclic) bond motifs is 1. The molecule has 1 saturated heterocycles. The Morgan fingerprint density at radius 3 is 2.81 bits per heavy atom. The van der Waals surface area contributed by atoms with Crippen molar-refractivity contribution in [3.63, 3.8) is 0 Å². The lowest BCUT2D eigenvalue weighted by Crippen LogP contribution is -2.35. The maximum Gasteiger partial charge on any atom is 0.493 e. The molecule has 1 aliphatic rings. The largest absolute Gasteiger partial charge is 0.493 e. The molecule has 9 nitrogen and oxygen atoms in total. The van der Waals surface area contributed by atoms with Crippen LogP contribution < -0.4 is 10.1 Å². The molecule has 0 saturated carbocycles. The number of carbonyl (C=O) groups excluding carboxylic acids is 2. The predicted molar refractivity (Wildman–Crippen MR) is 121 cm³/mol. The molecular weight excluding hydrogens is 530 g/mol. The van der Waals surface area contributed by atoms with E-state index in [1.54, 1.807) is 19.4 Å². The third kappa shape index (κ3) is 5.00. The van der Waals surface area contributed by atoms with Crippen LogP contribution in [0.1, 0.15) is 43.4 Å². The Balaban J connectivity index is 1.69. The van der Waals surface area contributed by atoms with Crippen LogP contribution in [0.2, 0.25) is 5.02 Å². The van der Waals surface area contributed by atoms with Crippen LogP contribution in [0.5, 0.6) is 5.75 Å². The van der Waals surface area contributed by atoms with Crippen molar-refractivity contribution in [2.24, 2.45) is 0 Å². The number of carbonyl (C=O) groups is 2. The standard InChI is InChI=1S/C21H18ClF4N5O4S/c1-3-34-17-11(9(2)30-18-16-19(28-7-27-18)36-8-29-16)5-12(22)15(23)14(17)10-4-13(32)31(6-10)35-20(33)21(24,25)26/h5,7-10H,3-4,6H2,1-2H3,(H,27,28,30). The zero-order chi connectivity index (χ0) is 26.2. The van der Waals surface area contributed by atoms with Crippen LogP contribution in [-0.4, -0.2) is 51.2 Å². The van der Waals surface area contributed by atoms with Crippen LogP contribution >= 0.6 is 22.9 Å². The highest BCUT2D eigenvalue weighted by atomic mass is 35.5. The highest BCUT2D eigenvalue weighted by Gasteiger charge is 2.46. The van der Waals surface area contributed by atoms with E-state index in [2.05, 4.69) is 25.1 Å². The summed E-state index contributed by atoms with van der Waals surface area (Å²) in [6, 6.07) is 0.806. The van der Waals surface area contributed by atoms with E-state index >= 15 is 4.39 Å². The number of anilines is 1. The van der Waals surface area contributed by atoms with E-state index in [0.29, 0.717) is 21.7 Å². The molecule has 2 atom stereocenters. The fourth-order valence-corrected chi connectivity index (χ4v) is 4.68. The second-order valence-electron chi connectivity index (χ2n) is 7.76. The lowest BCUT2D eigenvalue weighted by Gasteiger charge is -2.24. The number of nitrogens with zero attached hydrogens (tertiary/aromatic N) is 4. The number of benzene rings is 1. The number of nitrogens with one attached hydrogen (secondary N) is 1. The molecule has 1 amide bonds. The fraction of sp³-hybridized carbons (Fsp3) is 0.381. The van der Waals surface area contributed by atoms with Crippen LogP contribution in [0.15, 0.2) is 17.9 Å². The maximum atomic E-state index is 15.3. The van der Waals surface area contributed by atoms with Crippen LogP contribution in [-0.2, 0) is 14.4 Å². The first kappa shape index (κ1) is 25.8. The molecule has 4 rings (SSSR count). The summed E-state index contributed by atoms with van der Waals surface area (Å²) in [6.45, 7) is 3.02. The second-order valence-corrected chi connectivity index (χ2v) is 9.00. The quantitative estimate of drug-likeness (QED) is 0.421. The lowest BCUT2D eigenvalue weighted by atomic mass is 9.92. The SMILES string of the molecule is CCOc1c(C(C)Nc2ncnc3scnc23)cc(Cl)c(F)c1C1CC(=O)N(OC(=O)C(F)(F)F)C1. The Kier molecular flexibility index (Phi) is 7.18. The highest BCUT2D eigenvalue weighted by Crippen LogP contribution is 2.44. The van der Waals surface area contributed by atoms with Gasteiger partial charge in [0.25, 0.3) is 5.91 Å². The summed E-state index contributed by atoms with van der Waals surface area (Å²) in [5.41, 5.74) is 2.46. The number of alkyl halides is 3. The molecular formula is C21H18ClF4N5O4S. The molecule has 2 aromatic heterocycles. The van der Waals surface area contributed by atoms with E-state index in [9.17, 15) is 22.8 Å². The van der Waals surface area contributed by atoms with E-state index in [1.807, 2.05) is 0 Å². The van der Waals surface area contributed by atoms with Crippen molar-refractivity contribution in [2.75, 3.05) is 18.5 Å². The molecule has 192 valence electrons. The van der Waals surface area contributed by atoms with E-state index < -0.39 is 48.8 Å². The number of amides is 1. The maximum absolute atomic E-state index is 15.3. The van der Waals surface area contributed by atoms with E-state index in [-0.39, 0.29) is 28.0 Å². The summed E-state index contributed by atoms with van der Waals surface area (Å²) in [7, 11) is 0. The third-order valence-electron chi connectivity index (χ3n) is 5.40. The van der Waals surface area contributed by atoms with Crippen molar-refractivity contribution in [1.29, 1.82) is 0 Å². The fourth-order valence-electron chi connectivity index (χ4n) is 3.84. The van der Waals surface area contributed by atoms with Gasteiger partial charge in [0.15, 0.2) is 5.82 Å². The summed E-state index contributed by atoms with van der Waals surface area (Å²) in [5.74, 6) is -4.86. The number of ether oxygens (including phenoxy) is 1. The molecule has 0 radical (unpaired) electrons. The molecule has 3 aromatic rings. The summed E-state index contributed by atoms with van der Waals surface area (Å²) in [4.78, 5) is 40.9. The molecule has 1 fully saturated rings. The van der Waals surface area contributed by atoms with Gasteiger partial charge in [0.1, 0.15) is 28.2 Å². The molecule has 0 spiro atoms. The van der Waals surface area contributed by atoms with Gasteiger partial charge in [-0.3, -0.25) is 4.79 Å². The van der Waals surface area contributed by atoms with Gasteiger partial charge < -0.3 is 14.9 Å². The topological polar surface area (TPSA) is 107 Å². The summed E-state index contributed by atoms with van der Waals surface area (Å²) in [5, 5.41) is 3.17. The molecule has 2 unspecified atom stereocenters. The van der Waals surface area contributed by atoms with Gasteiger partial charge in [0.05, 0.1) is 29.7 Å². The van der Waals surface area contributed by atoms with Crippen LogP contribution in [0.25, 0.3) is 10.3 Å². The number of halogens is 5. The normalized spacial score (nSPS) is 16.9. The van der Waals surface area contributed by atoms with Gasteiger partial charge >= 0.3 is 12.1 Å². The number of rotatable bonds is 7. The van der Waals surface area contributed by atoms with Crippen LogP contribution in [0.3, 0.4) is 0 Å². The first-order valence-electron chi connectivity index (χ1n) is 10.6. The number of aromatic nitrogens is 3. The van der Waals surface area contributed by atoms with Crippen molar-refractivity contribution in [1.82, 2.24) is 20.0 Å². The molecule has 1 aliphatic heterocycles. The minimum absolute atomic E-state index is 0.0739. The van der Waals surface area contributed by atoms with Crippen molar-refractivity contribution < 1.29 is 36.7 Å². The molecule has 0 bridgehead atoms. The zero-order valence-electron chi connectivity index (χ0n) is 18.7. The summed E-state index contributed by atoms with van der Waals surface area (Å²) in [6.07, 6.45) is -4.35. The molecule has 36 heavy (non-hydrogen) atoms. The number of hydrogen-bond donors (Lipinski definition) is 1. The monoisotopic (exact) mass is 547 g/mol. The molecule has 3 heterocycles. The lowest BCUT2D eigenvalue weighted by molar-refractivity contribution is -0.234. The van der Waals surface area contributed by atoms with Crippen molar-refractivity contribution in [3.8, 4) is 5.75 Å². The Morgan fingerprint density at radius 2 is 2.11 bits per heavy atom. The van der Waals surface area contributed by atoms with Crippen molar-refractivity contribution in [3.05, 3.63) is 39.9 Å². The predicted octanol–water partition coefficient (Wildman–Crippen LogP) is 4.79. The van der Waals surface area contributed by atoms with Gasteiger partial charge in [0, 0.05) is 23.5 Å². The Morgan fingerprint density at radius 1 is 1.36 bits per heavy atom. The third-order valence-corrected chi connectivity index (χ3v) is 6.40. The van der Waals surface area contributed by atoms with Gasteiger partial charge in [-0.2, -0.15) is 18.2 Å². The van der Waals surface area contributed by atoms with E-state index in [4.69, 9.17) is 16.3 Å². The first-order chi connectivity index (χ1) is 17.0. The minimum atomic E-state index is -5.30. The van der Waals surface area contributed by atoms with Gasteiger partial charge in [-0.1, -0.05) is 11.6 Å². The highest BCUT2D eigenvalue weighted by molar-refractivity contribution is 7.16. The van der Waals surface area contributed by atoms with E-state index in [0.717, 1.165) is 0 Å². The smallest absolute Gasteiger partial charge is 0.493 e. The minimum Gasteiger partial charge on any atom is -0.493 e. The first-order valence-corrected chi connectivity index (χ1v) is 11.8. The number of hydrogen-bond acceptors (Lipinski definition) is 9.